The molecule has 0 aliphatic carbocycles. The first-order chi connectivity index (χ1) is 8.83. The second-order valence-electron chi connectivity index (χ2n) is 4.23. The lowest BCUT2D eigenvalue weighted by atomic mass is 10.1. The maximum atomic E-state index is 5.58. The predicted octanol–water partition coefficient (Wildman–Crippen LogP) is 3.78. The molecule has 0 aliphatic rings. The van der Waals surface area contributed by atoms with E-state index in [0.29, 0.717) is 13.2 Å². The van der Waals surface area contributed by atoms with Crippen LogP contribution in [-0.4, -0.2) is 19.5 Å². The Morgan fingerprint density at radius 2 is 1.56 bits per heavy atom. The SMILES string of the molecule is CCOC(Cc1ccc2ccccc2c1)OCC. The van der Waals surface area contributed by atoms with Crippen LogP contribution in [0.1, 0.15) is 19.4 Å². The van der Waals surface area contributed by atoms with E-state index in [0.717, 1.165) is 6.42 Å². The van der Waals surface area contributed by atoms with E-state index in [1.54, 1.807) is 0 Å². The lowest BCUT2D eigenvalue weighted by Gasteiger charge is -2.17. The van der Waals surface area contributed by atoms with Crippen LogP contribution in [-0.2, 0) is 15.9 Å². The molecule has 2 heteroatoms. The van der Waals surface area contributed by atoms with E-state index >= 15 is 0 Å². The highest BCUT2D eigenvalue weighted by atomic mass is 16.7. The molecule has 0 radical (unpaired) electrons. The summed E-state index contributed by atoms with van der Waals surface area (Å²) in [5, 5.41) is 2.53. The van der Waals surface area contributed by atoms with Gasteiger partial charge in [-0.15, -0.1) is 0 Å². The molecule has 0 aliphatic heterocycles. The molecule has 0 atom stereocenters. The molecule has 0 saturated carbocycles. The Hall–Kier alpha value is -1.38. The van der Waals surface area contributed by atoms with Crippen LogP contribution in [0.15, 0.2) is 42.5 Å². The third-order valence-corrected chi connectivity index (χ3v) is 2.92. The van der Waals surface area contributed by atoms with Crippen LogP contribution in [0.2, 0.25) is 0 Å². The van der Waals surface area contributed by atoms with Crippen molar-refractivity contribution >= 4 is 10.8 Å². The average molecular weight is 244 g/mol. The van der Waals surface area contributed by atoms with Gasteiger partial charge in [-0.3, -0.25) is 0 Å². The number of hydrogen-bond donors (Lipinski definition) is 0. The van der Waals surface area contributed by atoms with Gasteiger partial charge in [-0.05, 0) is 30.2 Å². The van der Waals surface area contributed by atoms with Crippen LogP contribution < -0.4 is 0 Å². The fourth-order valence-electron chi connectivity index (χ4n) is 2.10. The first kappa shape index (κ1) is 13.1. The summed E-state index contributed by atoms with van der Waals surface area (Å²) in [6, 6.07) is 14.9. The highest BCUT2D eigenvalue weighted by molar-refractivity contribution is 5.82. The molecule has 0 N–H and O–H groups in total. The van der Waals surface area contributed by atoms with E-state index in [9.17, 15) is 0 Å². The zero-order valence-electron chi connectivity index (χ0n) is 11.1. The quantitative estimate of drug-likeness (QED) is 0.720. The van der Waals surface area contributed by atoms with Crippen molar-refractivity contribution < 1.29 is 9.47 Å². The number of benzene rings is 2. The predicted molar refractivity (Wildman–Crippen MR) is 74.7 cm³/mol. The van der Waals surface area contributed by atoms with E-state index in [2.05, 4.69) is 42.5 Å². The number of rotatable bonds is 6. The van der Waals surface area contributed by atoms with Crippen molar-refractivity contribution in [3.05, 3.63) is 48.0 Å². The van der Waals surface area contributed by atoms with Crippen LogP contribution in [0.4, 0.5) is 0 Å². The Kier molecular flexibility index (Phi) is 4.73. The van der Waals surface area contributed by atoms with Crippen LogP contribution >= 0.6 is 0 Å². The molecule has 18 heavy (non-hydrogen) atoms. The van der Waals surface area contributed by atoms with Gasteiger partial charge in [0.15, 0.2) is 6.29 Å². The van der Waals surface area contributed by atoms with Crippen LogP contribution in [0.5, 0.6) is 0 Å². The van der Waals surface area contributed by atoms with E-state index in [4.69, 9.17) is 9.47 Å². The van der Waals surface area contributed by atoms with Crippen molar-refractivity contribution in [3.63, 3.8) is 0 Å². The van der Waals surface area contributed by atoms with Crippen molar-refractivity contribution in [2.45, 2.75) is 26.6 Å². The molecule has 2 rings (SSSR count). The highest BCUT2D eigenvalue weighted by Gasteiger charge is 2.09. The van der Waals surface area contributed by atoms with Crippen molar-refractivity contribution in [1.82, 2.24) is 0 Å². The Balaban J connectivity index is 2.14. The Labute approximate surface area is 109 Å². The summed E-state index contributed by atoms with van der Waals surface area (Å²) in [7, 11) is 0. The molecule has 0 spiro atoms. The topological polar surface area (TPSA) is 18.5 Å². The summed E-state index contributed by atoms with van der Waals surface area (Å²) in [6.07, 6.45) is 0.660. The van der Waals surface area contributed by atoms with Gasteiger partial charge in [0.2, 0.25) is 0 Å². The first-order valence-corrected chi connectivity index (χ1v) is 6.54. The van der Waals surface area contributed by atoms with E-state index < -0.39 is 0 Å². The summed E-state index contributed by atoms with van der Waals surface area (Å²) in [6.45, 7) is 5.34. The molecule has 0 saturated heterocycles. The van der Waals surface area contributed by atoms with Gasteiger partial charge in [-0.1, -0.05) is 42.5 Å². The largest absolute Gasteiger partial charge is 0.353 e. The minimum Gasteiger partial charge on any atom is -0.353 e. The minimum atomic E-state index is -0.138. The van der Waals surface area contributed by atoms with Crippen LogP contribution in [0, 0.1) is 0 Å². The Morgan fingerprint density at radius 1 is 0.889 bits per heavy atom. The second-order valence-corrected chi connectivity index (χ2v) is 4.23. The zero-order chi connectivity index (χ0) is 12.8. The average Bonchev–Trinajstić information content (AvgIpc) is 2.39. The fraction of sp³-hybridized carbons (Fsp3) is 0.375. The van der Waals surface area contributed by atoms with Gasteiger partial charge < -0.3 is 9.47 Å². The van der Waals surface area contributed by atoms with Crippen molar-refractivity contribution in [3.8, 4) is 0 Å². The van der Waals surface area contributed by atoms with Gasteiger partial charge in [0.25, 0.3) is 0 Å². The van der Waals surface area contributed by atoms with Gasteiger partial charge in [0, 0.05) is 19.6 Å². The molecule has 0 bridgehead atoms. The van der Waals surface area contributed by atoms with Crippen LogP contribution in [0.25, 0.3) is 10.8 Å². The number of hydrogen-bond acceptors (Lipinski definition) is 2. The van der Waals surface area contributed by atoms with Crippen molar-refractivity contribution in [2.24, 2.45) is 0 Å². The zero-order valence-corrected chi connectivity index (χ0v) is 11.1. The fourth-order valence-corrected chi connectivity index (χ4v) is 2.10. The standard InChI is InChI=1S/C16H20O2/c1-3-17-16(18-4-2)12-13-9-10-14-7-5-6-8-15(14)11-13/h5-11,16H,3-4,12H2,1-2H3. The lowest BCUT2D eigenvalue weighted by Crippen LogP contribution is -2.20. The van der Waals surface area contributed by atoms with Gasteiger partial charge in [0.05, 0.1) is 0 Å². The van der Waals surface area contributed by atoms with Crippen molar-refractivity contribution in [1.29, 1.82) is 0 Å². The normalized spacial score (nSPS) is 11.3. The summed E-state index contributed by atoms with van der Waals surface area (Å²) >= 11 is 0. The molecule has 2 aromatic carbocycles. The Bertz CT molecular complexity index is 487. The lowest BCUT2D eigenvalue weighted by molar-refractivity contribution is -0.134. The molecule has 2 aromatic rings. The summed E-state index contributed by atoms with van der Waals surface area (Å²) in [5.74, 6) is 0. The van der Waals surface area contributed by atoms with Crippen LogP contribution in [0.3, 0.4) is 0 Å². The summed E-state index contributed by atoms with van der Waals surface area (Å²) in [4.78, 5) is 0. The molecule has 0 heterocycles. The molecular formula is C16H20O2. The van der Waals surface area contributed by atoms with Crippen molar-refractivity contribution in [2.75, 3.05) is 13.2 Å². The Morgan fingerprint density at radius 3 is 2.22 bits per heavy atom. The van der Waals surface area contributed by atoms with E-state index in [1.807, 2.05) is 13.8 Å². The van der Waals surface area contributed by atoms with E-state index in [-0.39, 0.29) is 6.29 Å². The van der Waals surface area contributed by atoms with Gasteiger partial charge >= 0.3 is 0 Å². The molecule has 2 nitrogen and oxygen atoms in total. The minimum absolute atomic E-state index is 0.138. The molecule has 96 valence electrons. The maximum absolute atomic E-state index is 5.58. The third kappa shape index (κ3) is 3.31. The molecular weight excluding hydrogens is 224 g/mol. The smallest absolute Gasteiger partial charge is 0.161 e. The van der Waals surface area contributed by atoms with E-state index in [1.165, 1.54) is 16.3 Å². The van der Waals surface area contributed by atoms with Gasteiger partial charge in [-0.25, -0.2) is 0 Å². The highest BCUT2D eigenvalue weighted by Crippen LogP contribution is 2.17. The van der Waals surface area contributed by atoms with Gasteiger partial charge in [0.1, 0.15) is 0 Å². The first-order valence-electron chi connectivity index (χ1n) is 6.54. The molecule has 0 amide bonds. The maximum Gasteiger partial charge on any atom is 0.161 e. The van der Waals surface area contributed by atoms with Gasteiger partial charge in [-0.2, -0.15) is 0 Å². The number of ether oxygens (including phenoxy) is 2. The number of fused-ring (bicyclic) bond motifs is 1. The molecule has 0 unspecified atom stereocenters. The molecule has 0 aromatic heterocycles. The third-order valence-electron chi connectivity index (χ3n) is 2.92. The summed E-state index contributed by atoms with van der Waals surface area (Å²) < 4.78 is 11.2. The molecule has 0 fully saturated rings. The monoisotopic (exact) mass is 244 g/mol. The summed E-state index contributed by atoms with van der Waals surface area (Å²) in [5.41, 5.74) is 1.25. The second kappa shape index (κ2) is 6.53.